The molecular weight excluding hydrogens is 342 g/mol. The second-order valence-corrected chi connectivity index (χ2v) is 7.24. The van der Waals surface area contributed by atoms with Crippen molar-refractivity contribution in [2.24, 2.45) is 11.8 Å². The number of amides is 1. The Morgan fingerprint density at radius 2 is 1.89 bits per heavy atom. The van der Waals surface area contributed by atoms with E-state index >= 15 is 0 Å². The first kappa shape index (κ1) is 19.1. The minimum atomic E-state index is -0.468. The summed E-state index contributed by atoms with van der Waals surface area (Å²) < 4.78 is 6.80. The summed E-state index contributed by atoms with van der Waals surface area (Å²) in [6.07, 6.45) is 5.53. The Morgan fingerprint density at radius 3 is 2.56 bits per heavy atom. The van der Waals surface area contributed by atoms with Gasteiger partial charge < -0.3 is 10.1 Å². The Morgan fingerprint density at radius 1 is 1.19 bits per heavy atom. The maximum absolute atomic E-state index is 12.7. The number of nitrogens with zero attached hydrogens (tertiary/aromatic N) is 2. The van der Waals surface area contributed by atoms with Gasteiger partial charge in [-0.25, -0.2) is 4.79 Å². The molecule has 0 spiro atoms. The summed E-state index contributed by atoms with van der Waals surface area (Å²) in [5.74, 6) is 0.416. The molecule has 1 N–H and O–H groups in total. The lowest BCUT2D eigenvalue weighted by atomic mass is 9.82. The number of carbonyl (C=O) groups excluding carboxylic acids is 2. The van der Waals surface area contributed by atoms with Gasteiger partial charge in [-0.05, 0) is 44.1 Å². The van der Waals surface area contributed by atoms with E-state index in [2.05, 4.69) is 17.3 Å². The van der Waals surface area contributed by atoms with Crippen molar-refractivity contribution < 1.29 is 14.3 Å². The topological polar surface area (TPSA) is 73.2 Å². The zero-order valence-electron chi connectivity index (χ0n) is 16.0. The van der Waals surface area contributed by atoms with Crippen molar-refractivity contribution >= 4 is 17.7 Å². The van der Waals surface area contributed by atoms with E-state index in [9.17, 15) is 9.59 Å². The number of hydrogen-bond acceptors (Lipinski definition) is 4. The molecule has 1 amide bonds. The lowest BCUT2D eigenvalue weighted by molar-refractivity contribution is -0.121. The van der Waals surface area contributed by atoms with Gasteiger partial charge in [0, 0.05) is 12.1 Å². The van der Waals surface area contributed by atoms with Gasteiger partial charge in [0.1, 0.15) is 5.56 Å². The first-order valence-corrected chi connectivity index (χ1v) is 9.66. The number of esters is 1. The van der Waals surface area contributed by atoms with Gasteiger partial charge in [-0.1, -0.05) is 37.3 Å². The van der Waals surface area contributed by atoms with E-state index < -0.39 is 5.97 Å². The number of benzene rings is 1. The van der Waals surface area contributed by atoms with Crippen LogP contribution in [0.2, 0.25) is 0 Å². The van der Waals surface area contributed by atoms with Crippen LogP contribution in [0.15, 0.2) is 36.5 Å². The van der Waals surface area contributed by atoms with E-state index in [0.29, 0.717) is 18.0 Å². The Balaban J connectivity index is 1.77. The zero-order chi connectivity index (χ0) is 19.2. The number of hydrogen-bond donors (Lipinski definition) is 1. The highest BCUT2D eigenvalue weighted by molar-refractivity contribution is 6.00. The lowest BCUT2D eigenvalue weighted by Crippen LogP contribution is -2.27. The molecule has 0 unspecified atom stereocenters. The van der Waals surface area contributed by atoms with Crippen LogP contribution in [0, 0.1) is 11.8 Å². The third kappa shape index (κ3) is 4.96. The van der Waals surface area contributed by atoms with E-state index in [1.165, 1.54) is 0 Å². The number of aromatic nitrogens is 2. The van der Waals surface area contributed by atoms with Crippen LogP contribution < -0.4 is 5.32 Å². The SMILES string of the molecule is CCOC(=O)c1cn(Cc2ccccc2)nc1NC(=O)[C@H]1CC[C@H](C)CC1. The monoisotopic (exact) mass is 369 g/mol. The Bertz CT molecular complexity index is 777. The first-order chi connectivity index (χ1) is 13.1. The second-order valence-electron chi connectivity index (χ2n) is 7.24. The number of nitrogens with one attached hydrogen (secondary N) is 1. The van der Waals surface area contributed by atoms with Crippen LogP contribution in [0.25, 0.3) is 0 Å². The molecule has 1 aliphatic rings. The second kappa shape index (κ2) is 8.84. The van der Waals surface area contributed by atoms with E-state index in [4.69, 9.17) is 4.74 Å². The molecular formula is C21H27N3O3. The zero-order valence-corrected chi connectivity index (χ0v) is 16.0. The number of rotatable bonds is 6. The molecule has 0 atom stereocenters. The summed E-state index contributed by atoms with van der Waals surface area (Å²) in [5.41, 5.74) is 1.36. The molecule has 144 valence electrons. The molecule has 1 fully saturated rings. The molecule has 1 saturated carbocycles. The molecule has 0 saturated heterocycles. The smallest absolute Gasteiger partial charge is 0.343 e. The van der Waals surface area contributed by atoms with Gasteiger partial charge >= 0.3 is 5.97 Å². The average Bonchev–Trinajstić information content (AvgIpc) is 3.05. The molecule has 0 bridgehead atoms. The average molecular weight is 369 g/mol. The molecule has 0 aliphatic heterocycles. The highest BCUT2D eigenvalue weighted by Gasteiger charge is 2.27. The molecule has 6 heteroatoms. The van der Waals surface area contributed by atoms with Crippen LogP contribution in [0.5, 0.6) is 0 Å². The lowest BCUT2D eigenvalue weighted by Gasteiger charge is -2.24. The van der Waals surface area contributed by atoms with E-state index in [0.717, 1.165) is 31.2 Å². The molecule has 1 heterocycles. The quantitative estimate of drug-likeness (QED) is 0.785. The maximum Gasteiger partial charge on any atom is 0.343 e. The van der Waals surface area contributed by atoms with Gasteiger partial charge in [0.15, 0.2) is 5.82 Å². The van der Waals surface area contributed by atoms with Crippen LogP contribution >= 0.6 is 0 Å². The number of anilines is 1. The van der Waals surface area contributed by atoms with Gasteiger partial charge in [-0.15, -0.1) is 0 Å². The molecule has 1 aliphatic carbocycles. The van der Waals surface area contributed by atoms with Crippen molar-refractivity contribution in [3.63, 3.8) is 0 Å². The van der Waals surface area contributed by atoms with Crippen molar-refractivity contribution in [2.75, 3.05) is 11.9 Å². The Hall–Kier alpha value is -2.63. The van der Waals surface area contributed by atoms with Crippen molar-refractivity contribution in [3.05, 3.63) is 47.7 Å². The molecule has 2 aromatic rings. The van der Waals surface area contributed by atoms with Crippen molar-refractivity contribution in [1.29, 1.82) is 0 Å². The van der Waals surface area contributed by atoms with Gasteiger partial charge in [0.25, 0.3) is 0 Å². The molecule has 1 aromatic carbocycles. The molecule has 1 aromatic heterocycles. The van der Waals surface area contributed by atoms with Gasteiger partial charge in [0.2, 0.25) is 5.91 Å². The molecule has 3 rings (SSSR count). The summed E-state index contributed by atoms with van der Waals surface area (Å²) in [6.45, 7) is 4.77. The van der Waals surface area contributed by atoms with Crippen molar-refractivity contribution in [3.8, 4) is 0 Å². The third-order valence-electron chi connectivity index (χ3n) is 5.07. The summed E-state index contributed by atoms with van der Waals surface area (Å²) in [5, 5.41) is 7.31. The summed E-state index contributed by atoms with van der Waals surface area (Å²) in [6, 6.07) is 9.85. The number of carbonyl (C=O) groups is 2. The Labute approximate surface area is 159 Å². The fraction of sp³-hybridized carbons (Fsp3) is 0.476. The fourth-order valence-electron chi connectivity index (χ4n) is 3.46. The van der Waals surface area contributed by atoms with Crippen LogP contribution in [-0.2, 0) is 16.1 Å². The van der Waals surface area contributed by atoms with Crippen LogP contribution in [0.4, 0.5) is 5.82 Å². The maximum atomic E-state index is 12.7. The van der Waals surface area contributed by atoms with Crippen molar-refractivity contribution in [2.45, 2.75) is 46.1 Å². The van der Waals surface area contributed by atoms with Crippen molar-refractivity contribution in [1.82, 2.24) is 9.78 Å². The summed E-state index contributed by atoms with van der Waals surface area (Å²) >= 11 is 0. The number of ether oxygens (including phenoxy) is 1. The molecule has 27 heavy (non-hydrogen) atoms. The highest BCUT2D eigenvalue weighted by atomic mass is 16.5. The highest BCUT2D eigenvalue weighted by Crippen LogP contribution is 2.29. The largest absolute Gasteiger partial charge is 0.462 e. The van der Waals surface area contributed by atoms with Crippen LogP contribution in [0.1, 0.15) is 55.5 Å². The Kier molecular flexibility index (Phi) is 6.27. The van der Waals surface area contributed by atoms with Crippen LogP contribution in [-0.4, -0.2) is 28.3 Å². The predicted molar refractivity (Wildman–Crippen MR) is 103 cm³/mol. The minimum Gasteiger partial charge on any atom is -0.462 e. The molecule has 0 radical (unpaired) electrons. The summed E-state index contributed by atoms with van der Waals surface area (Å²) in [7, 11) is 0. The first-order valence-electron chi connectivity index (χ1n) is 9.66. The predicted octanol–water partition coefficient (Wildman–Crippen LogP) is 3.87. The molecule has 6 nitrogen and oxygen atoms in total. The van der Waals surface area contributed by atoms with E-state index in [1.807, 2.05) is 30.3 Å². The standard InChI is InChI=1S/C21H27N3O3/c1-3-27-21(26)18-14-24(13-16-7-5-4-6-8-16)23-19(18)22-20(25)17-11-9-15(2)10-12-17/h4-8,14-15,17H,3,9-13H2,1-2H3,(H,22,23,25)/t15-,17-. The normalized spacial score (nSPS) is 19.5. The van der Waals surface area contributed by atoms with E-state index in [1.54, 1.807) is 17.8 Å². The van der Waals surface area contributed by atoms with Gasteiger partial charge in [0.05, 0.1) is 13.2 Å². The van der Waals surface area contributed by atoms with Crippen LogP contribution in [0.3, 0.4) is 0 Å². The van der Waals surface area contributed by atoms with E-state index in [-0.39, 0.29) is 24.2 Å². The summed E-state index contributed by atoms with van der Waals surface area (Å²) in [4.78, 5) is 25.0. The van der Waals surface area contributed by atoms with Gasteiger partial charge in [-0.3, -0.25) is 9.48 Å². The third-order valence-corrected chi connectivity index (χ3v) is 5.07. The minimum absolute atomic E-state index is 0.0180. The van der Waals surface area contributed by atoms with Gasteiger partial charge in [-0.2, -0.15) is 5.10 Å². The fourth-order valence-corrected chi connectivity index (χ4v) is 3.46.